The van der Waals surface area contributed by atoms with Crippen LogP contribution in [-0.4, -0.2) is 51.2 Å². The highest BCUT2D eigenvalue weighted by Gasteiger charge is 2.13. The molecule has 176 valence electrons. The van der Waals surface area contributed by atoms with Crippen molar-refractivity contribution in [2.75, 3.05) is 40.8 Å². The van der Waals surface area contributed by atoms with Crippen molar-refractivity contribution in [2.24, 2.45) is 0 Å². The van der Waals surface area contributed by atoms with Gasteiger partial charge in [-0.1, -0.05) is 70.4 Å². The molecule has 0 bridgehead atoms. The first-order valence-electron chi connectivity index (χ1n) is 12.4. The van der Waals surface area contributed by atoms with Gasteiger partial charge in [0.2, 0.25) is 5.91 Å². The normalized spacial score (nSPS) is 11.7. The molecule has 4 heteroatoms. The Hall–Kier alpha value is -1.81. The smallest absolute Gasteiger partial charge is 0.244 e. The van der Waals surface area contributed by atoms with Crippen LogP contribution in [-0.2, 0) is 4.79 Å². The molecule has 1 amide bonds. The van der Waals surface area contributed by atoms with Gasteiger partial charge in [-0.25, -0.2) is 0 Å². The fourth-order valence-corrected chi connectivity index (χ4v) is 3.80. The standard InChI is InChI=1S/C27H46N2O2/c1-5-6-7-8-9-10-11-12-13-14-23-29(2,3)24-15-22-28-27(30)21-18-25-16-19-26(31-4)20-17-25/h16-21H,5-15,22-24H2,1-4H3/p+1. The molecule has 0 aliphatic rings. The van der Waals surface area contributed by atoms with E-state index in [0.29, 0.717) is 0 Å². The van der Waals surface area contributed by atoms with Crippen molar-refractivity contribution in [3.8, 4) is 5.75 Å². The number of rotatable bonds is 18. The van der Waals surface area contributed by atoms with E-state index in [0.717, 1.165) is 35.3 Å². The molecule has 0 aromatic heterocycles. The van der Waals surface area contributed by atoms with Gasteiger partial charge in [0.25, 0.3) is 0 Å². The highest BCUT2D eigenvalue weighted by Crippen LogP contribution is 2.13. The number of nitrogens with zero attached hydrogens (tertiary/aromatic N) is 1. The van der Waals surface area contributed by atoms with Crippen LogP contribution < -0.4 is 10.1 Å². The Balaban J connectivity index is 2.05. The summed E-state index contributed by atoms with van der Waals surface area (Å²) >= 11 is 0. The molecule has 1 rings (SSSR count). The molecule has 0 heterocycles. The van der Waals surface area contributed by atoms with Crippen LogP contribution in [0.3, 0.4) is 0 Å². The van der Waals surface area contributed by atoms with E-state index in [-0.39, 0.29) is 5.91 Å². The van der Waals surface area contributed by atoms with Gasteiger partial charge in [0.05, 0.1) is 34.3 Å². The average molecular weight is 432 g/mol. The van der Waals surface area contributed by atoms with E-state index in [4.69, 9.17) is 4.74 Å². The molecule has 31 heavy (non-hydrogen) atoms. The highest BCUT2D eigenvalue weighted by atomic mass is 16.5. The van der Waals surface area contributed by atoms with Gasteiger partial charge in [-0.15, -0.1) is 0 Å². The molecule has 0 unspecified atom stereocenters. The summed E-state index contributed by atoms with van der Waals surface area (Å²) in [4.78, 5) is 12.0. The molecule has 0 fully saturated rings. The summed E-state index contributed by atoms with van der Waals surface area (Å²) in [6, 6.07) is 7.67. The maximum absolute atomic E-state index is 12.0. The number of unbranched alkanes of at least 4 members (excludes halogenated alkanes) is 9. The lowest BCUT2D eigenvalue weighted by atomic mass is 10.1. The molecule has 0 aliphatic carbocycles. The zero-order chi connectivity index (χ0) is 22.8. The predicted octanol–water partition coefficient (Wildman–Crippen LogP) is 6.21. The summed E-state index contributed by atoms with van der Waals surface area (Å²) < 4.78 is 6.18. The third-order valence-electron chi connectivity index (χ3n) is 5.90. The molecule has 1 aromatic carbocycles. The van der Waals surface area contributed by atoms with Crippen molar-refractivity contribution in [1.29, 1.82) is 0 Å². The fraction of sp³-hybridized carbons (Fsp3) is 0.667. The quantitative estimate of drug-likeness (QED) is 0.170. The van der Waals surface area contributed by atoms with Crippen LogP contribution in [0.25, 0.3) is 6.08 Å². The van der Waals surface area contributed by atoms with Crippen molar-refractivity contribution < 1.29 is 14.0 Å². The minimum Gasteiger partial charge on any atom is -0.497 e. The molecule has 0 atom stereocenters. The molecule has 0 radical (unpaired) electrons. The number of amides is 1. The van der Waals surface area contributed by atoms with Gasteiger partial charge in [-0.05, 0) is 36.6 Å². The Morgan fingerprint density at radius 1 is 0.871 bits per heavy atom. The van der Waals surface area contributed by atoms with Crippen molar-refractivity contribution in [2.45, 2.75) is 77.6 Å². The largest absolute Gasteiger partial charge is 0.497 e. The molecule has 0 aliphatic heterocycles. The van der Waals surface area contributed by atoms with E-state index in [1.54, 1.807) is 13.2 Å². The van der Waals surface area contributed by atoms with Crippen molar-refractivity contribution in [3.05, 3.63) is 35.9 Å². The van der Waals surface area contributed by atoms with Gasteiger partial charge in [-0.2, -0.15) is 0 Å². The molecular weight excluding hydrogens is 384 g/mol. The van der Waals surface area contributed by atoms with Gasteiger partial charge in [0.15, 0.2) is 0 Å². The number of nitrogens with one attached hydrogen (secondary N) is 1. The maximum atomic E-state index is 12.0. The van der Waals surface area contributed by atoms with Crippen LogP contribution in [0.2, 0.25) is 0 Å². The summed E-state index contributed by atoms with van der Waals surface area (Å²) in [5.74, 6) is 0.788. The fourth-order valence-electron chi connectivity index (χ4n) is 3.80. The van der Waals surface area contributed by atoms with E-state index in [2.05, 4.69) is 26.3 Å². The van der Waals surface area contributed by atoms with Crippen LogP contribution in [0, 0.1) is 0 Å². The second-order valence-electron chi connectivity index (χ2n) is 9.32. The van der Waals surface area contributed by atoms with Crippen LogP contribution in [0.15, 0.2) is 30.3 Å². The predicted molar refractivity (Wildman–Crippen MR) is 133 cm³/mol. The second-order valence-corrected chi connectivity index (χ2v) is 9.32. The number of ether oxygens (including phenoxy) is 1. The Bertz CT molecular complexity index is 608. The van der Waals surface area contributed by atoms with E-state index in [1.807, 2.05) is 30.3 Å². The second kappa shape index (κ2) is 16.8. The van der Waals surface area contributed by atoms with Crippen molar-refractivity contribution >= 4 is 12.0 Å². The van der Waals surface area contributed by atoms with Gasteiger partial charge in [0, 0.05) is 19.0 Å². The van der Waals surface area contributed by atoms with Crippen LogP contribution in [0.5, 0.6) is 5.75 Å². The van der Waals surface area contributed by atoms with Gasteiger partial charge in [0.1, 0.15) is 5.75 Å². The topological polar surface area (TPSA) is 38.3 Å². The molecule has 0 spiro atoms. The summed E-state index contributed by atoms with van der Waals surface area (Å²) in [5.41, 5.74) is 0.991. The van der Waals surface area contributed by atoms with E-state index in [9.17, 15) is 4.79 Å². The molecule has 1 N–H and O–H groups in total. The summed E-state index contributed by atoms with van der Waals surface area (Å²) in [6.07, 6.45) is 18.3. The van der Waals surface area contributed by atoms with E-state index < -0.39 is 0 Å². The third kappa shape index (κ3) is 14.8. The highest BCUT2D eigenvalue weighted by molar-refractivity contribution is 5.91. The number of benzene rings is 1. The first-order valence-corrected chi connectivity index (χ1v) is 12.4. The average Bonchev–Trinajstić information content (AvgIpc) is 2.77. The first-order chi connectivity index (χ1) is 15.0. The molecule has 0 saturated heterocycles. The lowest BCUT2D eigenvalue weighted by molar-refractivity contribution is -0.890. The van der Waals surface area contributed by atoms with Gasteiger partial charge >= 0.3 is 0 Å². The summed E-state index contributed by atoms with van der Waals surface area (Å²) in [7, 11) is 6.26. The maximum Gasteiger partial charge on any atom is 0.244 e. The van der Waals surface area contributed by atoms with Crippen LogP contribution in [0.4, 0.5) is 0 Å². The lowest BCUT2D eigenvalue weighted by Gasteiger charge is -2.30. The molecule has 4 nitrogen and oxygen atoms in total. The zero-order valence-corrected chi connectivity index (χ0v) is 20.6. The summed E-state index contributed by atoms with van der Waals surface area (Å²) in [5, 5.41) is 3.00. The van der Waals surface area contributed by atoms with E-state index in [1.165, 1.54) is 70.8 Å². The minimum atomic E-state index is -0.0316. The number of carbonyl (C=O) groups excluding carboxylic acids is 1. The Morgan fingerprint density at radius 3 is 2.00 bits per heavy atom. The Morgan fingerprint density at radius 2 is 1.42 bits per heavy atom. The SMILES string of the molecule is CCCCCCCCCCCC[N+](C)(C)CCCNC(=O)C=Cc1ccc(OC)cc1. The number of hydrogen-bond donors (Lipinski definition) is 1. The minimum absolute atomic E-state index is 0.0316. The van der Waals surface area contributed by atoms with E-state index >= 15 is 0 Å². The van der Waals surface area contributed by atoms with Crippen molar-refractivity contribution in [3.63, 3.8) is 0 Å². The Kier molecular flexibility index (Phi) is 14.8. The molecular formula is C27H47N2O2+. The van der Waals surface area contributed by atoms with Crippen LogP contribution >= 0.6 is 0 Å². The number of quaternary nitrogens is 1. The number of hydrogen-bond acceptors (Lipinski definition) is 2. The summed E-state index contributed by atoms with van der Waals surface area (Å²) in [6.45, 7) is 5.33. The third-order valence-corrected chi connectivity index (χ3v) is 5.90. The first kappa shape index (κ1) is 27.2. The number of carbonyl (C=O) groups is 1. The zero-order valence-electron chi connectivity index (χ0n) is 20.6. The van der Waals surface area contributed by atoms with Crippen molar-refractivity contribution in [1.82, 2.24) is 5.32 Å². The van der Waals surface area contributed by atoms with Crippen LogP contribution in [0.1, 0.15) is 83.1 Å². The van der Waals surface area contributed by atoms with Gasteiger partial charge in [-0.3, -0.25) is 4.79 Å². The van der Waals surface area contributed by atoms with Gasteiger partial charge < -0.3 is 14.5 Å². The molecule has 1 aromatic rings. The lowest BCUT2D eigenvalue weighted by Crippen LogP contribution is -2.42. The Labute approximate surface area is 191 Å². The molecule has 0 saturated carbocycles. The number of methoxy groups -OCH3 is 1. The monoisotopic (exact) mass is 431 g/mol.